The summed E-state index contributed by atoms with van der Waals surface area (Å²) in [4.78, 5) is 5.68. The number of benzene rings is 3. The van der Waals surface area contributed by atoms with Gasteiger partial charge in [0.2, 0.25) is 0 Å². The van der Waals surface area contributed by atoms with Gasteiger partial charge >= 0.3 is 0 Å². The van der Waals surface area contributed by atoms with Crippen molar-refractivity contribution in [3.05, 3.63) is 208 Å². The van der Waals surface area contributed by atoms with Gasteiger partial charge in [0.05, 0.1) is 12.1 Å². The van der Waals surface area contributed by atoms with E-state index < -0.39 is 0 Å². The van der Waals surface area contributed by atoms with E-state index in [0.717, 1.165) is 50.4 Å². The highest BCUT2D eigenvalue weighted by molar-refractivity contribution is 5.68. The first-order chi connectivity index (χ1) is 38.3. The number of hydrogen-bond donors (Lipinski definition) is 0. The summed E-state index contributed by atoms with van der Waals surface area (Å²) in [7, 11) is 0. The predicted molar refractivity (Wildman–Crippen MR) is 334 cm³/mol. The first-order valence-corrected chi connectivity index (χ1v) is 32.0. The van der Waals surface area contributed by atoms with Crippen LogP contribution in [0.3, 0.4) is 0 Å². The molecule has 11 rings (SSSR count). The molecule has 0 bridgehead atoms. The Kier molecular flexibility index (Phi) is 17.8. The molecule has 410 valence electrons. The summed E-state index contributed by atoms with van der Waals surface area (Å²) in [5.74, 6) is 6.31. The van der Waals surface area contributed by atoms with E-state index in [4.69, 9.17) is 0 Å². The highest BCUT2D eigenvalue weighted by atomic mass is 15.2. The van der Waals surface area contributed by atoms with Crippen molar-refractivity contribution in [2.75, 3.05) is 4.90 Å². The molecule has 0 radical (unpaired) electrons. The van der Waals surface area contributed by atoms with Crippen molar-refractivity contribution >= 4 is 5.69 Å². The van der Waals surface area contributed by atoms with Crippen molar-refractivity contribution < 1.29 is 0 Å². The fourth-order valence-electron chi connectivity index (χ4n) is 16.3. The van der Waals surface area contributed by atoms with E-state index in [1.54, 1.807) is 17.1 Å². The zero-order chi connectivity index (χ0) is 53.5. The second-order valence-corrected chi connectivity index (χ2v) is 25.7. The topological polar surface area (TPSA) is 6.48 Å². The molecular formula is C76H96N2. The third-order valence-corrected chi connectivity index (χ3v) is 20.7. The highest BCUT2D eigenvalue weighted by Gasteiger charge is 2.49. The molecule has 3 aromatic carbocycles. The Morgan fingerprint density at radius 3 is 2.04 bits per heavy atom. The molecule has 2 nitrogen and oxygen atoms in total. The summed E-state index contributed by atoms with van der Waals surface area (Å²) >= 11 is 0. The lowest BCUT2D eigenvalue weighted by atomic mass is 9.61. The van der Waals surface area contributed by atoms with Crippen LogP contribution in [0.4, 0.5) is 5.69 Å². The standard InChI is InChI=1S/C76H96N2/c1-7-10-11-13-20-65-50-70-55(6)27-46-74(77(67-40-25-54(5)26-41-67)68-42-34-62(35-43-68)60-32-28-56(17-8-2)29-33-60)57(9-3)21-16-22-64(70)51-71(65)66-39-48-76-73(52-66)72-49-63(58-18-14-12-15-19-58)38-47-75(72)78(76)69-44-36-61(37-45-69)59-30-23-53(4)24-31-59/h12,14-15,18-19,23-26,28-30,32-37,40,42-44,46-48,50,55,57,59,63-67,69,71-73H,7-11,13,16-17,20-22,27,31,38-39,41,45,49,51-52H2,1-6H3/b74-46+/t55-,57?,59+,63+,64+,65+,66?,67+,69+,71?,72-,73+/m1/s1. The van der Waals surface area contributed by atoms with Crippen LogP contribution in [0, 0.1) is 53.3 Å². The number of anilines is 1. The van der Waals surface area contributed by atoms with E-state index in [1.807, 2.05) is 5.57 Å². The van der Waals surface area contributed by atoms with Crippen LogP contribution in [0.2, 0.25) is 0 Å². The molecule has 3 aromatic rings. The van der Waals surface area contributed by atoms with E-state index in [0.29, 0.717) is 59.4 Å². The van der Waals surface area contributed by atoms with E-state index >= 15 is 0 Å². The van der Waals surface area contributed by atoms with Gasteiger partial charge in [-0.15, -0.1) is 0 Å². The Hall–Kier alpha value is -5.34. The number of hydrogen-bond acceptors (Lipinski definition) is 2. The smallest absolute Gasteiger partial charge is 0.0556 e. The Morgan fingerprint density at radius 1 is 0.603 bits per heavy atom. The van der Waals surface area contributed by atoms with Crippen molar-refractivity contribution in [3.63, 3.8) is 0 Å². The molecule has 1 saturated heterocycles. The molecule has 7 aliphatic carbocycles. The summed E-state index contributed by atoms with van der Waals surface area (Å²) in [5, 5.41) is 0. The molecule has 0 spiro atoms. The molecule has 1 heterocycles. The summed E-state index contributed by atoms with van der Waals surface area (Å²) in [6.07, 6.45) is 58.6. The number of likely N-dealkylation sites (tertiary alicyclic amines) is 1. The minimum absolute atomic E-state index is 0.317. The van der Waals surface area contributed by atoms with E-state index in [9.17, 15) is 0 Å². The summed E-state index contributed by atoms with van der Waals surface area (Å²) in [6.45, 7) is 14.2. The number of aryl methyl sites for hydroxylation is 1. The van der Waals surface area contributed by atoms with Gasteiger partial charge in [0.15, 0.2) is 0 Å². The third kappa shape index (κ3) is 12.1. The van der Waals surface area contributed by atoms with Gasteiger partial charge in [-0.3, -0.25) is 0 Å². The molecule has 0 aromatic heterocycles. The van der Waals surface area contributed by atoms with Gasteiger partial charge in [0.1, 0.15) is 0 Å². The SMILES string of the molecule is CCCCCC[C@H]1C=C2[C@@H](CCCC(CC)/C(N(c3ccc(-c4ccc(CCC)cc4)cc3)[C@H]3C=CC(C)=CC3)=C\C[C@H]2C)CC1C1CC=C2[C@@H](C1)[C@H]1C[C@@H](c3ccccc3)CC=C1N2[C@H]1C=CC([C@H]2C=CC(C)=CC2)=CC1. The van der Waals surface area contributed by atoms with Crippen molar-refractivity contribution in [2.24, 2.45) is 53.3 Å². The lowest BCUT2D eigenvalue weighted by molar-refractivity contribution is 0.146. The van der Waals surface area contributed by atoms with Crippen LogP contribution in [0.5, 0.6) is 0 Å². The zero-order valence-corrected chi connectivity index (χ0v) is 49.0. The molecule has 0 saturated carbocycles. The number of rotatable bonds is 16. The van der Waals surface area contributed by atoms with Gasteiger partial charge in [-0.05, 0) is 185 Å². The van der Waals surface area contributed by atoms with Crippen molar-refractivity contribution in [2.45, 2.75) is 188 Å². The van der Waals surface area contributed by atoms with Crippen LogP contribution >= 0.6 is 0 Å². The normalized spacial score (nSPS) is 31.5. The van der Waals surface area contributed by atoms with Crippen LogP contribution in [0.15, 0.2) is 197 Å². The average Bonchev–Trinajstić information content (AvgIpc) is 3.85. The predicted octanol–water partition coefficient (Wildman–Crippen LogP) is 20.7. The van der Waals surface area contributed by atoms with E-state index in [1.165, 1.54) is 135 Å². The van der Waals surface area contributed by atoms with Crippen LogP contribution in [-0.2, 0) is 6.42 Å². The monoisotopic (exact) mass is 1040 g/mol. The fraction of sp³-hybridized carbons (Fsp3) is 0.500. The van der Waals surface area contributed by atoms with Crippen molar-refractivity contribution in [3.8, 4) is 11.1 Å². The average molecular weight is 1040 g/mol. The summed E-state index contributed by atoms with van der Waals surface area (Å²) < 4.78 is 0. The summed E-state index contributed by atoms with van der Waals surface area (Å²) in [5.41, 5.74) is 18.0. The maximum atomic E-state index is 2.97. The minimum atomic E-state index is 0.317. The molecule has 0 N–H and O–H groups in total. The third-order valence-electron chi connectivity index (χ3n) is 20.7. The van der Waals surface area contributed by atoms with Gasteiger partial charge in [0, 0.05) is 40.5 Å². The van der Waals surface area contributed by atoms with Crippen LogP contribution in [-0.4, -0.2) is 17.0 Å². The number of unbranched alkanes of at least 4 members (excludes halogenated alkanes) is 3. The Morgan fingerprint density at radius 2 is 1.35 bits per heavy atom. The maximum absolute atomic E-state index is 2.97. The molecule has 1 aliphatic heterocycles. The van der Waals surface area contributed by atoms with Crippen LogP contribution < -0.4 is 4.90 Å². The zero-order valence-electron chi connectivity index (χ0n) is 49.0. The lowest BCUT2D eigenvalue weighted by Crippen LogP contribution is -2.37. The Labute approximate surface area is 473 Å². The van der Waals surface area contributed by atoms with Crippen molar-refractivity contribution in [1.29, 1.82) is 0 Å². The first-order valence-electron chi connectivity index (χ1n) is 32.0. The Balaban J connectivity index is 0.874. The molecule has 3 unspecified atom stereocenters. The van der Waals surface area contributed by atoms with Crippen LogP contribution in [0.1, 0.15) is 181 Å². The maximum Gasteiger partial charge on any atom is 0.0556 e. The van der Waals surface area contributed by atoms with E-state index in [-0.39, 0.29) is 0 Å². The van der Waals surface area contributed by atoms with E-state index in [2.05, 4.69) is 209 Å². The minimum Gasteiger partial charge on any atom is -0.342 e. The second-order valence-electron chi connectivity index (χ2n) is 25.7. The molecule has 78 heavy (non-hydrogen) atoms. The van der Waals surface area contributed by atoms with Gasteiger partial charge in [-0.1, -0.05) is 229 Å². The molecule has 8 aliphatic rings. The molecule has 1 fully saturated rings. The molecule has 2 heteroatoms. The highest BCUT2D eigenvalue weighted by Crippen LogP contribution is 2.58. The molecular weight excluding hydrogens is 941 g/mol. The van der Waals surface area contributed by atoms with Gasteiger partial charge in [-0.2, -0.15) is 0 Å². The largest absolute Gasteiger partial charge is 0.342 e. The summed E-state index contributed by atoms with van der Waals surface area (Å²) in [6, 6.07) is 31.2. The second kappa shape index (κ2) is 25.4. The molecule has 0 amide bonds. The van der Waals surface area contributed by atoms with Gasteiger partial charge in [-0.25, -0.2) is 0 Å². The van der Waals surface area contributed by atoms with Crippen molar-refractivity contribution in [1.82, 2.24) is 4.90 Å². The lowest BCUT2D eigenvalue weighted by Gasteiger charge is -2.45. The number of nitrogens with zero attached hydrogens (tertiary/aromatic N) is 2. The fourth-order valence-corrected chi connectivity index (χ4v) is 16.3. The van der Waals surface area contributed by atoms with Gasteiger partial charge < -0.3 is 9.80 Å². The molecule has 12 atom stereocenters. The first kappa shape index (κ1) is 54.6. The Bertz CT molecular complexity index is 2840. The quantitative estimate of drug-likeness (QED) is 0.104. The number of allylic oxidation sites excluding steroid dienone is 16. The van der Waals surface area contributed by atoms with Gasteiger partial charge in [0.25, 0.3) is 0 Å². The van der Waals surface area contributed by atoms with Crippen LogP contribution in [0.25, 0.3) is 11.1 Å². The number of fused-ring (bicyclic) bond motifs is 4.